The summed E-state index contributed by atoms with van der Waals surface area (Å²) >= 11 is 0. The van der Waals surface area contributed by atoms with Crippen molar-refractivity contribution in [1.29, 1.82) is 0 Å². The molecule has 0 spiro atoms. The highest BCUT2D eigenvalue weighted by Gasteiger charge is 2.42. The van der Waals surface area contributed by atoms with Gasteiger partial charge in [-0.2, -0.15) is 27.8 Å². The van der Waals surface area contributed by atoms with E-state index in [-0.39, 0.29) is 30.0 Å². The Morgan fingerprint density at radius 1 is 1.30 bits per heavy atom. The minimum absolute atomic E-state index is 0.0924. The zero-order valence-corrected chi connectivity index (χ0v) is 16.6. The summed E-state index contributed by atoms with van der Waals surface area (Å²) in [6, 6.07) is 1.01. The quantitative estimate of drug-likeness (QED) is 0.703. The predicted octanol–water partition coefficient (Wildman–Crippen LogP) is 2.58. The van der Waals surface area contributed by atoms with Gasteiger partial charge in [0.15, 0.2) is 5.69 Å². The van der Waals surface area contributed by atoms with Gasteiger partial charge in [0.25, 0.3) is 5.78 Å². The normalized spacial score (nSPS) is 22.5. The molecule has 0 bridgehead atoms. The van der Waals surface area contributed by atoms with Crippen molar-refractivity contribution < 1.29 is 27.5 Å². The first-order chi connectivity index (χ1) is 14.0. The lowest BCUT2D eigenvalue weighted by molar-refractivity contribution is -0.150. The molecule has 8 nitrogen and oxygen atoms in total. The molecule has 2 aromatic heterocycles. The van der Waals surface area contributed by atoms with Crippen LogP contribution in [-0.4, -0.2) is 55.0 Å². The molecule has 2 saturated heterocycles. The van der Waals surface area contributed by atoms with E-state index in [4.69, 9.17) is 4.74 Å². The van der Waals surface area contributed by atoms with Crippen LogP contribution in [0.1, 0.15) is 56.8 Å². The Bertz CT molecular complexity index is 979. The number of piperidine rings is 1. The standard InChI is InChI=1S/C19H22F3N5O3/c1-18(2)9-12(16(29)30-18)7-15(28)26-5-3-11(4-6-26)13-8-14(19(20,21)22)27-17(25-13)23-10-24-27/h8,10-12H,3-7,9H2,1-2H3. The van der Waals surface area contributed by atoms with Gasteiger partial charge in [-0.05, 0) is 32.8 Å². The third-order valence-corrected chi connectivity index (χ3v) is 5.70. The molecule has 0 aliphatic carbocycles. The Kier molecular flexibility index (Phi) is 4.94. The van der Waals surface area contributed by atoms with Crippen molar-refractivity contribution >= 4 is 17.7 Å². The lowest BCUT2D eigenvalue weighted by Gasteiger charge is -2.32. The second-order valence-electron chi connectivity index (χ2n) is 8.48. The van der Waals surface area contributed by atoms with Crippen molar-refractivity contribution in [3.8, 4) is 0 Å². The third-order valence-electron chi connectivity index (χ3n) is 5.70. The topological polar surface area (TPSA) is 89.7 Å². The minimum atomic E-state index is -4.58. The van der Waals surface area contributed by atoms with Crippen LogP contribution in [0, 0.1) is 5.92 Å². The van der Waals surface area contributed by atoms with Gasteiger partial charge in [-0.3, -0.25) is 9.59 Å². The Morgan fingerprint density at radius 3 is 2.60 bits per heavy atom. The zero-order chi connectivity index (χ0) is 21.7. The van der Waals surface area contributed by atoms with Crippen LogP contribution in [-0.2, 0) is 20.5 Å². The lowest BCUT2D eigenvalue weighted by Crippen LogP contribution is -2.39. The maximum absolute atomic E-state index is 13.4. The largest absolute Gasteiger partial charge is 0.459 e. The Hall–Kier alpha value is -2.72. The second-order valence-corrected chi connectivity index (χ2v) is 8.48. The molecule has 2 aliphatic rings. The molecule has 0 aromatic carbocycles. The number of carbonyl (C=O) groups excluding carboxylic acids is 2. The number of fused-ring (bicyclic) bond motifs is 1. The average Bonchev–Trinajstić information content (AvgIpc) is 3.23. The number of amides is 1. The Labute approximate surface area is 170 Å². The first-order valence-electron chi connectivity index (χ1n) is 9.82. The van der Waals surface area contributed by atoms with Crippen molar-refractivity contribution in [1.82, 2.24) is 24.5 Å². The number of rotatable bonds is 3. The molecule has 0 saturated carbocycles. The SMILES string of the molecule is CC1(C)CC(CC(=O)N2CCC(c3cc(C(F)(F)F)n4ncnc4n3)CC2)C(=O)O1. The van der Waals surface area contributed by atoms with E-state index >= 15 is 0 Å². The summed E-state index contributed by atoms with van der Waals surface area (Å²) in [5.74, 6) is -1.25. The van der Waals surface area contributed by atoms with E-state index in [1.807, 2.05) is 13.8 Å². The molecule has 0 N–H and O–H groups in total. The van der Waals surface area contributed by atoms with E-state index in [1.54, 1.807) is 4.90 Å². The monoisotopic (exact) mass is 425 g/mol. The summed E-state index contributed by atoms with van der Waals surface area (Å²) in [7, 11) is 0. The molecule has 2 aromatic rings. The van der Waals surface area contributed by atoms with E-state index in [2.05, 4.69) is 15.1 Å². The molecule has 162 valence electrons. The van der Waals surface area contributed by atoms with E-state index < -0.39 is 23.4 Å². The maximum Gasteiger partial charge on any atom is 0.433 e. The molecule has 4 rings (SSSR count). The summed E-state index contributed by atoms with van der Waals surface area (Å²) in [5.41, 5.74) is -1.17. The lowest BCUT2D eigenvalue weighted by atomic mass is 9.91. The number of halogens is 3. The zero-order valence-electron chi connectivity index (χ0n) is 16.6. The molecule has 11 heteroatoms. The number of cyclic esters (lactones) is 1. The van der Waals surface area contributed by atoms with E-state index in [1.165, 1.54) is 0 Å². The van der Waals surface area contributed by atoms with Crippen LogP contribution in [0.5, 0.6) is 0 Å². The van der Waals surface area contributed by atoms with Crippen LogP contribution in [0.3, 0.4) is 0 Å². The summed E-state index contributed by atoms with van der Waals surface area (Å²) in [4.78, 5) is 34.2. The fraction of sp³-hybridized carbons (Fsp3) is 0.632. The minimum Gasteiger partial charge on any atom is -0.459 e. The molecule has 1 atom stereocenters. The Morgan fingerprint density at radius 2 is 2.00 bits per heavy atom. The number of alkyl halides is 3. The number of ether oxygens (including phenoxy) is 1. The van der Waals surface area contributed by atoms with Crippen LogP contribution >= 0.6 is 0 Å². The molecule has 1 unspecified atom stereocenters. The van der Waals surface area contributed by atoms with Crippen LogP contribution < -0.4 is 0 Å². The van der Waals surface area contributed by atoms with Crippen molar-refractivity contribution in [2.45, 2.75) is 57.2 Å². The van der Waals surface area contributed by atoms with Crippen LogP contribution in [0.2, 0.25) is 0 Å². The van der Waals surface area contributed by atoms with E-state index in [0.717, 1.165) is 12.4 Å². The number of esters is 1. The van der Waals surface area contributed by atoms with Crippen LogP contribution in [0.25, 0.3) is 5.78 Å². The summed E-state index contributed by atoms with van der Waals surface area (Å²) in [5, 5.41) is 3.60. The molecule has 2 fully saturated rings. The van der Waals surface area contributed by atoms with Crippen LogP contribution in [0.15, 0.2) is 12.4 Å². The summed E-state index contributed by atoms with van der Waals surface area (Å²) in [6.07, 6.45) is -1.98. The van der Waals surface area contributed by atoms with Gasteiger partial charge in [0.05, 0.1) is 5.92 Å². The summed E-state index contributed by atoms with van der Waals surface area (Å²) in [6.45, 7) is 4.43. The van der Waals surface area contributed by atoms with Crippen LogP contribution in [0.4, 0.5) is 13.2 Å². The first kappa shape index (κ1) is 20.5. The van der Waals surface area contributed by atoms with Gasteiger partial charge < -0.3 is 9.64 Å². The van der Waals surface area contributed by atoms with E-state index in [9.17, 15) is 22.8 Å². The van der Waals surface area contributed by atoms with Crippen molar-refractivity contribution in [3.05, 3.63) is 23.8 Å². The molecule has 0 radical (unpaired) electrons. The van der Waals surface area contributed by atoms with Gasteiger partial charge in [0, 0.05) is 37.5 Å². The molecular formula is C19H22F3N5O3. The first-order valence-corrected chi connectivity index (χ1v) is 9.82. The van der Waals surface area contributed by atoms with Gasteiger partial charge in [0.1, 0.15) is 11.9 Å². The fourth-order valence-corrected chi connectivity index (χ4v) is 4.24. The number of carbonyl (C=O) groups is 2. The van der Waals surface area contributed by atoms with Gasteiger partial charge in [-0.1, -0.05) is 0 Å². The van der Waals surface area contributed by atoms with Gasteiger partial charge in [0.2, 0.25) is 5.91 Å². The van der Waals surface area contributed by atoms with Crippen molar-refractivity contribution in [2.24, 2.45) is 5.92 Å². The van der Waals surface area contributed by atoms with E-state index in [0.29, 0.717) is 42.6 Å². The average molecular weight is 425 g/mol. The molecule has 4 heterocycles. The molecule has 2 aliphatic heterocycles. The van der Waals surface area contributed by atoms with Gasteiger partial charge >= 0.3 is 12.1 Å². The smallest absolute Gasteiger partial charge is 0.433 e. The fourth-order valence-electron chi connectivity index (χ4n) is 4.24. The molecule has 30 heavy (non-hydrogen) atoms. The van der Waals surface area contributed by atoms with Crippen molar-refractivity contribution in [2.75, 3.05) is 13.1 Å². The predicted molar refractivity (Wildman–Crippen MR) is 97.2 cm³/mol. The number of aromatic nitrogens is 4. The van der Waals surface area contributed by atoms with Gasteiger partial charge in [-0.25, -0.2) is 4.98 Å². The molecule has 1 amide bonds. The highest BCUT2D eigenvalue weighted by atomic mass is 19.4. The molecular weight excluding hydrogens is 403 g/mol. The van der Waals surface area contributed by atoms with Gasteiger partial charge in [-0.15, -0.1) is 0 Å². The van der Waals surface area contributed by atoms with Crippen molar-refractivity contribution in [3.63, 3.8) is 0 Å². The number of hydrogen-bond donors (Lipinski definition) is 0. The highest BCUT2D eigenvalue weighted by molar-refractivity contribution is 5.84. The summed E-state index contributed by atoms with van der Waals surface area (Å²) < 4.78 is 46.1. The number of nitrogens with zero attached hydrogens (tertiary/aromatic N) is 5. The third kappa shape index (κ3) is 3.97. The number of hydrogen-bond acceptors (Lipinski definition) is 6. The maximum atomic E-state index is 13.4. The Balaban J connectivity index is 1.42. The number of likely N-dealkylation sites (tertiary alicyclic amines) is 1. The second kappa shape index (κ2) is 7.21. The highest BCUT2D eigenvalue weighted by Crippen LogP contribution is 2.35.